The fourth-order valence-corrected chi connectivity index (χ4v) is 9.52. The molecule has 9 rings (SSSR count). The Morgan fingerprint density at radius 2 is 1.74 bits per heavy atom. The van der Waals surface area contributed by atoms with E-state index in [1.165, 1.54) is 21.8 Å². The van der Waals surface area contributed by atoms with Crippen LogP contribution >= 0.6 is 11.6 Å². The number of nitrogens with zero attached hydrogens (tertiary/aromatic N) is 7. The van der Waals surface area contributed by atoms with E-state index in [4.69, 9.17) is 27.4 Å². The minimum absolute atomic E-state index is 0.0426. The zero-order valence-electron chi connectivity index (χ0n) is 32.3. The van der Waals surface area contributed by atoms with E-state index < -0.39 is 11.8 Å². The number of fused-ring (bicyclic) bond motifs is 2. The van der Waals surface area contributed by atoms with Crippen molar-refractivity contribution >= 4 is 58.1 Å². The molecule has 4 aliphatic heterocycles. The first-order valence-corrected chi connectivity index (χ1v) is 20.3. The van der Waals surface area contributed by atoms with Crippen LogP contribution in [0.15, 0.2) is 67.0 Å². The number of nitrogens with two attached hydrogens (primary N) is 1. The molecule has 298 valence electrons. The molecule has 1 atom stereocenters. The molecular formula is C43H45ClN10O4. The number of anilines is 3. The van der Waals surface area contributed by atoms with E-state index in [9.17, 15) is 19.2 Å². The first kappa shape index (κ1) is 37.7. The van der Waals surface area contributed by atoms with Gasteiger partial charge in [0.05, 0.1) is 23.5 Å². The largest absolute Gasteiger partial charge is 0.385 e. The molecule has 58 heavy (non-hydrogen) atoms. The number of rotatable bonds is 8. The summed E-state index contributed by atoms with van der Waals surface area (Å²) in [5.41, 5.74) is 13.9. The Labute approximate surface area is 340 Å². The van der Waals surface area contributed by atoms with Crippen molar-refractivity contribution in [3.05, 3.63) is 100.0 Å². The molecule has 1 unspecified atom stereocenters. The molecule has 14 nitrogen and oxygen atoms in total. The SMILES string of the molecule is CNc1cc(N2CCc3c(-c4ccc(CN5CCC6(CC5)CCN(C(=O)c5ccc(Cl)c(C7CCC(=O)NC7=O)c5)CC6)cn4)cccc32)nn2c(C(N)=O)cnc12. The molecule has 15 heteroatoms. The summed E-state index contributed by atoms with van der Waals surface area (Å²) < 4.78 is 1.51. The van der Waals surface area contributed by atoms with Gasteiger partial charge in [-0.15, -0.1) is 5.10 Å². The summed E-state index contributed by atoms with van der Waals surface area (Å²) in [6, 6.07) is 17.7. The number of carbonyl (C=O) groups excluding carboxylic acids is 4. The van der Waals surface area contributed by atoms with Crippen LogP contribution in [-0.2, 0) is 22.6 Å². The second kappa shape index (κ2) is 15.1. The number of hydrogen-bond donors (Lipinski definition) is 3. The molecule has 3 fully saturated rings. The van der Waals surface area contributed by atoms with Gasteiger partial charge in [-0.25, -0.2) is 9.50 Å². The highest BCUT2D eigenvalue weighted by Crippen LogP contribution is 2.43. The number of hydrogen-bond acceptors (Lipinski definition) is 10. The van der Waals surface area contributed by atoms with Gasteiger partial charge < -0.3 is 20.9 Å². The quantitative estimate of drug-likeness (QED) is 0.175. The van der Waals surface area contributed by atoms with Gasteiger partial charge in [0, 0.05) is 73.7 Å². The van der Waals surface area contributed by atoms with E-state index in [-0.39, 0.29) is 35.3 Å². The Kier molecular flexibility index (Phi) is 9.84. The maximum absolute atomic E-state index is 13.6. The molecule has 4 N–H and O–H groups in total. The van der Waals surface area contributed by atoms with Gasteiger partial charge in [-0.05, 0) is 104 Å². The van der Waals surface area contributed by atoms with Crippen LogP contribution in [0.3, 0.4) is 0 Å². The summed E-state index contributed by atoms with van der Waals surface area (Å²) in [7, 11) is 1.81. The molecule has 5 aromatic rings. The van der Waals surface area contributed by atoms with E-state index in [0.29, 0.717) is 47.1 Å². The lowest BCUT2D eigenvalue weighted by molar-refractivity contribution is -0.134. The average molecular weight is 801 g/mol. The Hall–Kier alpha value is -5.86. The summed E-state index contributed by atoms with van der Waals surface area (Å²) in [6.45, 7) is 4.96. The van der Waals surface area contributed by atoms with Crippen molar-refractivity contribution in [2.45, 2.75) is 57.4 Å². The van der Waals surface area contributed by atoms with Gasteiger partial charge >= 0.3 is 0 Å². The van der Waals surface area contributed by atoms with E-state index in [2.05, 4.69) is 49.7 Å². The topological polar surface area (TPSA) is 171 Å². The molecule has 4 aliphatic rings. The zero-order chi connectivity index (χ0) is 40.1. The van der Waals surface area contributed by atoms with Gasteiger partial charge in [0.1, 0.15) is 5.69 Å². The first-order valence-electron chi connectivity index (χ1n) is 20.0. The predicted molar refractivity (Wildman–Crippen MR) is 220 cm³/mol. The molecule has 4 amide bonds. The van der Waals surface area contributed by atoms with Crippen LogP contribution < -0.4 is 21.3 Å². The van der Waals surface area contributed by atoms with Crippen molar-refractivity contribution in [1.82, 2.24) is 34.7 Å². The van der Waals surface area contributed by atoms with Crippen molar-refractivity contribution in [1.29, 1.82) is 0 Å². The number of aromatic nitrogens is 4. The Morgan fingerprint density at radius 1 is 0.948 bits per heavy atom. The summed E-state index contributed by atoms with van der Waals surface area (Å²) in [5, 5.41) is 10.8. The molecule has 0 bridgehead atoms. The number of piperidine rings is 3. The highest BCUT2D eigenvalue weighted by Gasteiger charge is 2.39. The molecule has 0 saturated carbocycles. The Morgan fingerprint density at radius 3 is 2.47 bits per heavy atom. The molecule has 0 radical (unpaired) electrons. The van der Waals surface area contributed by atoms with Crippen LogP contribution in [0.4, 0.5) is 17.2 Å². The monoisotopic (exact) mass is 800 g/mol. The molecule has 7 heterocycles. The van der Waals surface area contributed by atoms with Crippen molar-refractivity contribution in [3.63, 3.8) is 0 Å². The summed E-state index contributed by atoms with van der Waals surface area (Å²) >= 11 is 6.47. The molecular weight excluding hydrogens is 756 g/mol. The predicted octanol–water partition coefficient (Wildman–Crippen LogP) is 5.32. The normalized spacial score (nSPS) is 19.4. The van der Waals surface area contributed by atoms with Crippen molar-refractivity contribution in [3.8, 4) is 11.3 Å². The Balaban J connectivity index is 0.811. The van der Waals surface area contributed by atoms with E-state index in [1.807, 2.05) is 30.3 Å². The maximum Gasteiger partial charge on any atom is 0.269 e. The van der Waals surface area contributed by atoms with E-state index >= 15 is 0 Å². The third-order valence-corrected chi connectivity index (χ3v) is 13.0. The smallest absolute Gasteiger partial charge is 0.269 e. The van der Waals surface area contributed by atoms with Crippen LogP contribution in [0, 0.1) is 5.41 Å². The molecule has 3 saturated heterocycles. The highest BCUT2D eigenvalue weighted by molar-refractivity contribution is 6.32. The summed E-state index contributed by atoms with van der Waals surface area (Å²) in [6.07, 6.45) is 9.03. The van der Waals surface area contributed by atoms with Crippen molar-refractivity contribution in [2.75, 3.05) is 50.0 Å². The fraction of sp³-hybridized carbons (Fsp3) is 0.372. The maximum atomic E-state index is 13.6. The number of pyridine rings is 1. The number of benzene rings is 2. The number of imidazole rings is 1. The van der Waals surface area contributed by atoms with Gasteiger partial charge in [-0.1, -0.05) is 29.8 Å². The number of amides is 4. The van der Waals surface area contributed by atoms with Gasteiger partial charge in [0.15, 0.2) is 11.5 Å². The van der Waals surface area contributed by atoms with Crippen molar-refractivity contribution < 1.29 is 19.2 Å². The van der Waals surface area contributed by atoms with Crippen LogP contribution in [0.2, 0.25) is 5.02 Å². The second-order valence-electron chi connectivity index (χ2n) is 16.0. The summed E-state index contributed by atoms with van der Waals surface area (Å²) in [5.74, 6) is -1.12. The van der Waals surface area contributed by atoms with Crippen LogP contribution in [0.1, 0.15) is 82.0 Å². The highest BCUT2D eigenvalue weighted by atomic mass is 35.5. The van der Waals surface area contributed by atoms with Crippen LogP contribution in [-0.4, -0.2) is 92.8 Å². The minimum atomic E-state index is -0.588. The lowest BCUT2D eigenvalue weighted by Crippen LogP contribution is -2.48. The molecule has 0 aliphatic carbocycles. The van der Waals surface area contributed by atoms with Gasteiger partial charge in [0.25, 0.3) is 11.8 Å². The summed E-state index contributed by atoms with van der Waals surface area (Å²) in [4.78, 5) is 65.8. The van der Waals surface area contributed by atoms with Crippen LogP contribution in [0.5, 0.6) is 0 Å². The third kappa shape index (κ3) is 6.93. The number of primary amides is 1. The van der Waals surface area contributed by atoms with Crippen LogP contribution in [0.25, 0.3) is 16.9 Å². The number of carbonyl (C=O) groups is 4. The molecule has 1 spiro atoms. The number of imide groups is 1. The number of nitrogens with one attached hydrogen (secondary N) is 2. The lowest BCUT2D eigenvalue weighted by Gasteiger charge is -2.47. The van der Waals surface area contributed by atoms with E-state index in [0.717, 1.165) is 80.9 Å². The average Bonchev–Trinajstić information content (AvgIpc) is 3.88. The standard InChI is InChI=1S/C43H45ClN10O4/c1-46-34-22-37(50-54-36(39(45)56)24-48-40(34)54)53-16-11-29-28(3-2-4-35(29)53)33-9-5-26(23-47-33)25-51-17-12-43(13-18-51)14-19-52(20-15-43)42(58)27-6-8-32(44)31(21-27)30-7-10-38(55)49-41(30)57/h2-6,8-9,21-24,30,46H,7,10-20,25H2,1H3,(H2,45,56)(H,49,55,57). The molecule has 2 aromatic carbocycles. The first-order chi connectivity index (χ1) is 28.1. The van der Waals surface area contributed by atoms with Crippen molar-refractivity contribution in [2.24, 2.45) is 11.1 Å². The van der Waals surface area contributed by atoms with Gasteiger partial charge in [-0.3, -0.25) is 34.4 Å². The van der Waals surface area contributed by atoms with Gasteiger partial charge in [0.2, 0.25) is 11.8 Å². The Bertz CT molecular complexity index is 2450. The third-order valence-electron chi connectivity index (χ3n) is 12.7. The fourth-order valence-electron chi connectivity index (χ4n) is 9.27. The minimum Gasteiger partial charge on any atom is -0.385 e. The zero-order valence-corrected chi connectivity index (χ0v) is 33.1. The molecule has 3 aromatic heterocycles. The number of halogens is 1. The number of likely N-dealkylation sites (tertiary alicyclic amines) is 2. The second-order valence-corrected chi connectivity index (χ2v) is 16.4. The van der Waals surface area contributed by atoms with Gasteiger partial charge in [-0.2, -0.15) is 0 Å². The lowest BCUT2D eigenvalue weighted by atomic mass is 9.71. The van der Waals surface area contributed by atoms with E-state index in [1.54, 1.807) is 18.2 Å².